The second-order valence-corrected chi connectivity index (χ2v) is 4.31. The zero-order chi connectivity index (χ0) is 13.8. The minimum absolute atomic E-state index is 0.329. The van der Waals surface area contributed by atoms with Gasteiger partial charge >= 0.3 is 12.0 Å². The minimum Gasteiger partial charge on any atom is -0.480 e. The maximum Gasteiger partial charge on any atom is 0.323 e. The van der Waals surface area contributed by atoms with Crippen LogP contribution in [0.15, 0.2) is 24.3 Å². The third-order valence-electron chi connectivity index (χ3n) is 2.37. The van der Waals surface area contributed by atoms with Gasteiger partial charge in [-0.1, -0.05) is 18.2 Å². The summed E-state index contributed by atoms with van der Waals surface area (Å²) in [6.45, 7) is 2.77. The Morgan fingerprint density at radius 2 is 1.94 bits per heavy atom. The molecule has 1 aromatic carbocycles. The van der Waals surface area contributed by atoms with E-state index >= 15 is 0 Å². The quantitative estimate of drug-likeness (QED) is 0.760. The highest BCUT2D eigenvalue weighted by Gasteiger charge is 2.25. The van der Waals surface area contributed by atoms with Crippen LogP contribution in [0.5, 0.6) is 0 Å². The van der Waals surface area contributed by atoms with Gasteiger partial charge in [-0.15, -0.1) is 0 Å². The molecule has 0 aliphatic carbocycles. The third-order valence-corrected chi connectivity index (χ3v) is 2.37. The molecule has 0 atom stereocenters. The van der Waals surface area contributed by atoms with Crippen molar-refractivity contribution >= 4 is 12.0 Å². The van der Waals surface area contributed by atoms with E-state index in [-0.39, 0.29) is 0 Å². The van der Waals surface area contributed by atoms with Crippen LogP contribution in [0.2, 0.25) is 0 Å². The fourth-order valence-electron chi connectivity index (χ4n) is 1.52. The lowest BCUT2D eigenvalue weighted by Crippen LogP contribution is -2.48. The van der Waals surface area contributed by atoms with Crippen molar-refractivity contribution in [3.63, 3.8) is 0 Å². The molecular formula is C12H15FN2O3. The fraction of sp³-hybridized carbons (Fsp3) is 0.333. The third kappa shape index (κ3) is 3.73. The molecule has 18 heavy (non-hydrogen) atoms. The first-order valence-corrected chi connectivity index (χ1v) is 5.36. The molecule has 0 saturated heterocycles. The van der Waals surface area contributed by atoms with Crippen LogP contribution in [0, 0.1) is 5.82 Å². The van der Waals surface area contributed by atoms with Crippen LogP contribution in [-0.2, 0) is 10.3 Å². The number of nitrogens with one attached hydrogen (secondary N) is 2. The summed E-state index contributed by atoms with van der Waals surface area (Å²) in [6.07, 6.45) is 0. The molecule has 0 aromatic heterocycles. The first-order chi connectivity index (χ1) is 8.33. The molecule has 1 rings (SSSR count). The van der Waals surface area contributed by atoms with E-state index in [0.717, 1.165) is 0 Å². The summed E-state index contributed by atoms with van der Waals surface area (Å²) in [5, 5.41) is 13.1. The van der Waals surface area contributed by atoms with Gasteiger partial charge in [0.25, 0.3) is 0 Å². The SMILES string of the molecule is CC(C)(NC(=O)NCC(=O)O)c1ccccc1F. The molecule has 0 saturated carbocycles. The molecule has 0 heterocycles. The van der Waals surface area contributed by atoms with Crippen molar-refractivity contribution in [2.45, 2.75) is 19.4 Å². The smallest absolute Gasteiger partial charge is 0.323 e. The largest absolute Gasteiger partial charge is 0.480 e. The van der Waals surface area contributed by atoms with Gasteiger partial charge in [0.05, 0.1) is 5.54 Å². The summed E-state index contributed by atoms with van der Waals surface area (Å²) in [7, 11) is 0. The minimum atomic E-state index is -1.14. The molecule has 6 heteroatoms. The van der Waals surface area contributed by atoms with Gasteiger partial charge in [-0.3, -0.25) is 4.79 Å². The first-order valence-electron chi connectivity index (χ1n) is 5.36. The molecule has 3 N–H and O–H groups in total. The fourth-order valence-corrected chi connectivity index (χ4v) is 1.52. The predicted molar refractivity (Wildman–Crippen MR) is 63.6 cm³/mol. The highest BCUT2D eigenvalue weighted by molar-refractivity contribution is 5.80. The van der Waals surface area contributed by atoms with Gasteiger partial charge < -0.3 is 15.7 Å². The van der Waals surface area contributed by atoms with E-state index in [4.69, 9.17) is 5.11 Å². The molecule has 1 aromatic rings. The van der Waals surface area contributed by atoms with Crippen molar-refractivity contribution < 1.29 is 19.1 Å². The Hall–Kier alpha value is -2.11. The van der Waals surface area contributed by atoms with Gasteiger partial charge in [0, 0.05) is 5.56 Å². The lowest BCUT2D eigenvalue weighted by Gasteiger charge is -2.27. The highest BCUT2D eigenvalue weighted by Crippen LogP contribution is 2.22. The molecule has 0 aliphatic rings. The number of hydrogen-bond donors (Lipinski definition) is 3. The number of hydrogen-bond acceptors (Lipinski definition) is 2. The Balaban J connectivity index is 2.73. The summed E-state index contributed by atoms with van der Waals surface area (Å²) >= 11 is 0. The van der Waals surface area contributed by atoms with Crippen molar-refractivity contribution in [1.29, 1.82) is 0 Å². The average Bonchev–Trinajstić information content (AvgIpc) is 2.26. The van der Waals surface area contributed by atoms with E-state index in [1.807, 2.05) is 0 Å². The summed E-state index contributed by atoms with van der Waals surface area (Å²) in [6, 6.07) is 5.42. The number of urea groups is 1. The molecule has 0 bridgehead atoms. The average molecular weight is 254 g/mol. The molecule has 5 nitrogen and oxygen atoms in total. The lowest BCUT2D eigenvalue weighted by atomic mass is 9.94. The number of carboxylic acid groups (broad SMARTS) is 1. The van der Waals surface area contributed by atoms with Crippen molar-refractivity contribution in [2.24, 2.45) is 0 Å². The van der Waals surface area contributed by atoms with Gasteiger partial charge in [-0.25, -0.2) is 9.18 Å². The van der Waals surface area contributed by atoms with Gasteiger partial charge in [0.1, 0.15) is 12.4 Å². The Morgan fingerprint density at radius 3 is 2.50 bits per heavy atom. The number of halogens is 1. The highest BCUT2D eigenvalue weighted by atomic mass is 19.1. The summed E-state index contributed by atoms with van der Waals surface area (Å²) in [5.41, 5.74) is -0.607. The maximum atomic E-state index is 13.6. The zero-order valence-electron chi connectivity index (χ0n) is 10.2. The normalized spacial score (nSPS) is 10.8. The van der Waals surface area contributed by atoms with Crippen LogP contribution in [-0.4, -0.2) is 23.7 Å². The summed E-state index contributed by atoms with van der Waals surface area (Å²) in [5.74, 6) is -1.57. The van der Waals surface area contributed by atoms with Crippen LogP contribution >= 0.6 is 0 Å². The Bertz CT molecular complexity index is 460. The summed E-state index contributed by atoms with van der Waals surface area (Å²) in [4.78, 5) is 21.7. The monoisotopic (exact) mass is 254 g/mol. The van der Waals surface area contributed by atoms with Gasteiger partial charge in [0.2, 0.25) is 0 Å². The van der Waals surface area contributed by atoms with E-state index in [1.54, 1.807) is 32.0 Å². The molecule has 0 fully saturated rings. The molecule has 98 valence electrons. The molecule has 2 amide bonds. The Morgan fingerprint density at radius 1 is 1.33 bits per heavy atom. The van der Waals surface area contributed by atoms with Crippen molar-refractivity contribution in [2.75, 3.05) is 6.54 Å². The second kappa shape index (κ2) is 5.48. The van der Waals surface area contributed by atoms with E-state index < -0.39 is 29.9 Å². The van der Waals surface area contributed by atoms with Gasteiger partial charge in [-0.2, -0.15) is 0 Å². The van der Waals surface area contributed by atoms with E-state index in [2.05, 4.69) is 10.6 Å². The Labute approximate surface area is 104 Å². The van der Waals surface area contributed by atoms with E-state index in [1.165, 1.54) is 6.07 Å². The van der Waals surface area contributed by atoms with Crippen molar-refractivity contribution in [1.82, 2.24) is 10.6 Å². The van der Waals surface area contributed by atoms with Gasteiger partial charge in [-0.05, 0) is 19.9 Å². The number of carbonyl (C=O) groups excluding carboxylic acids is 1. The molecule has 0 spiro atoms. The standard InChI is InChI=1S/C12H15FN2O3/c1-12(2,8-5-3-4-6-9(8)13)15-11(18)14-7-10(16)17/h3-6H,7H2,1-2H3,(H,16,17)(H2,14,15,18). The van der Waals surface area contributed by atoms with Crippen LogP contribution < -0.4 is 10.6 Å². The van der Waals surface area contributed by atoms with Crippen LogP contribution in [0.1, 0.15) is 19.4 Å². The maximum absolute atomic E-state index is 13.6. The summed E-state index contributed by atoms with van der Waals surface area (Å²) < 4.78 is 13.6. The van der Waals surface area contributed by atoms with Crippen molar-refractivity contribution in [3.8, 4) is 0 Å². The first kappa shape index (κ1) is 14.0. The zero-order valence-corrected chi connectivity index (χ0v) is 10.2. The number of carboxylic acids is 1. The van der Waals surface area contributed by atoms with E-state index in [9.17, 15) is 14.0 Å². The van der Waals surface area contributed by atoms with E-state index in [0.29, 0.717) is 5.56 Å². The van der Waals surface area contributed by atoms with Crippen LogP contribution in [0.3, 0.4) is 0 Å². The second-order valence-electron chi connectivity index (χ2n) is 4.31. The lowest BCUT2D eigenvalue weighted by molar-refractivity contribution is -0.135. The van der Waals surface area contributed by atoms with Crippen LogP contribution in [0.25, 0.3) is 0 Å². The number of rotatable bonds is 4. The van der Waals surface area contributed by atoms with Gasteiger partial charge in [0.15, 0.2) is 0 Å². The molecular weight excluding hydrogens is 239 g/mol. The number of aliphatic carboxylic acids is 1. The predicted octanol–water partition coefficient (Wildman–Crippen LogP) is 1.44. The Kier molecular flexibility index (Phi) is 4.25. The molecule has 0 aliphatic heterocycles. The molecule has 0 unspecified atom stereocenters. The van der Waals surface area contributed by atoms with Crippen molar-refractivity contribution in [3.05, 3.63) is 35.6 Å². The molecule has 0 radical (unpaired) electrons. The van der Waals surface area contributed by atoms with Crippen LogP contribution in [0.4, 0.5) is 9.18 Å². The number of carbonyl (C=O) groups is 2. The topological polar surface area (TPSA) is 78.4 Å². The number of amides is 2. The number of benzene rings is 1.